The highest BCUT2D eigenvalue weighted by molar-refractivity contribution is 7.99. The molecule has 15 heavy (non-hydrogen) atoms. The molecule has 0 aromatic carbocycles. The average molecular weight is 223 g/mol. The minimum Gasteiger partial charge on any atom is -0.304 e. The Balaban J connectivity index is 1.82. The van der Waals surface area contributed by atoms with Crippen LogP contribution in [0.25, 0.3) is 0 Å². The van der Waals surface area contributed by atoms with Crippen molar-refractivity contribution >= 4 is 11.8 Å². The highest BCUT2D eigenvalue weighted by Gasteiger charge is 2.19. The molecule has 0 spiro atoms. The zero-order valence-electron chi connectivity index (χ0n) is 9.09. The third-order valence-electron chi connectivity index (χ3n) is 2.80. The maximum Gasteiger partial charge on any atom is 0.187 e. The van der Waals surface area contributed by atoms with E-state index in [1.165, 1.54) is 32.5 Å². The molecule has 2 heterocycles. The molecule has 0 aliphatic carbocycles. The van der Waals surface area contributed by atoms with Crippen LogP contribution in [0.4, 0.5) is 0 Å². The van der Waals surface area contributed by atoms with Gasteiger partial charge in [-0.15, -0.1) is 0 Å². The Morgan fingerprint density at radius 2 is 2.00 bits per heavy atom. The topological polar surface area (TPSA) is 29.0 Å². The Kier molecular flexibility index (Phi) is 3.97. The van der Waals surface area contributed by atoms with Crippen molar-refractivity contribution in [3.8, 4) is 0 Å². The van der Waals surface area contributed by atoms with Crippen molar-refractivity contribution in [2.75, 3.05) is 19.6 Å². The Hall–Kier alpha value is -0.610. The Bertz CT molecular complexity index is 283. The predicted molar refractivity (Wildman–Crippen MR) is 63.0 cm³/mol. The first-order chi connectivity index (χ1) is 7.38. The average Bonchev–Trinajstić information content (AvgIpc) is 2.31. The number of rotatable bonds is 3. The molecule has 4 heteroatoms. The highest BCUT2D eigenvalue weighted by Crippen LogP contribution is 2.27. The number of nitrogens with zero attached hydrogens (tertiary/aromatic N) is 3. The van der Waals surface area contributed by atoms with E-state index in [9.17, 15) is 0 Å². The predicted octanol–water partition coefficient (Wildman–Crippen LogP) is 2.05. The molecule has 1 aromatic heterocycles. The van der Waals surface area contributed by atoms with Gasteiger partial charge in [-0.2, -0.15) is 0 Å². The van der Waals surface area contributed by atoms with Gasteiger partial charge in [-0.1, -0.05) is 18.7 Å². The summed E-state index contributed by atoms with van der Waals surface area (Å²) in [4.78, 5) is 11.0. The van der Waals surface area contributed by atoms with Gasteiger partial charge in [-0.05, 0) is 38.5 Å². The van der Waals surface area contributed by atoms with Crippen molar-refractivity contribution in [1.82, 2.24) is 14.9 Å². The van der Waals surface area contributed by atoms with Crippen LogP contribution < -0.4 is 0 Å². The van der Waals surface area contributed by atoms with E-state index in [0.29, 0.717) is 5.25 Å². The van der Waals surface area contributed by atoms with Crippen molar-refractivity contribution in [2.45, 2.75) is 30.2 Å². The van der Waals surface area contributed by atoms with Gasteiger partial charge in [-0.3, -0.25) is 0 Å². The second kappa shape index (κ2) is 5.47. The summed E-state index contributed by atoms with van der Waals surface area (Å²) in [6.45, 7) is 5.86. The molecule has 1 saturated heterocycles. The minimum absolute atomic E-state index is 0.704. The molecule has 0 bridgehead atoms. The normalized spacial score (nSPS) is 19.3. The first-order valence-electron chi connectivity index (χ1n) is 5.54. The number of likely N-dealkylation sites (tertiary alicyclic amines) is 1. The van der Waals surface area contributed by atoms with Crippen molar-refractivity contribution in [3.63, 3.8) is 0 Å². The molecule has 0 unspecified atom stereocenters. The molecular weight excluding hydrogens is 206 g/mol. The monoisotopic (exact) mass is 223 g/mol. The van der Waals surface area contributed by atoms with Crippen LogP contribution >= 0.6 is 11.8 Å². The van der Waals surface area contributed by atoms with Crippen molar-refractivity contribution in [1.29, 1.82) is 0 Å². The quantitative estimate of drug-likeness (QED) is 0.733. The number of hydrogen-bond acceptors (Lipinski definition) is 4. The molecule has 0 saturated carbocycles. The van der Waals surface area contributed by atoms with Gasteiger partial charge in [0, 0.05) is 17.6 Å². The van der Waals surface area contributed by atoms with E-state index < -0.39 is 0 Å². The molecule has 0 atom stereocenters. The lowest BCUT2D eigenvalue weighted by Crippen LogP contribution is -2.34. The summed E-state index contributed by atoms with van der Waals surface area (Å²) in [5.41, 5.74) is 0. The fraction of sp³-hybridized carbons (Fsp3) is 0.636. The van der Waals surface area contributed by atoms with Gasteiger partial charge in [0.05, 0.1) is 0 Å². The zero-order chi connectivity index (χ0) is 10.5. The first kappa shape index (κ1) is 10.9. The summed E-state index contributed by atoms with van der Waals surface area (Å²) >= 11 is 1.83. The highest BCUT2D eigenvalue weighted by atomic mass is 32.2. The van der Waals surface area contributed by atoms with Gasteiger partial charge in [-0.25, -0.2) is 9.97 Å². The second-order valence-corrected chi connectivity index (χ2v) is 5.05. The van der Waals surface area contributed by atoms with Crippen LogP contribution in [0.5, 0.6) is 0 Å². The van der Waals surface area contributed by atoms with Gasteiger partial charge in [0.2, 0.25) is 0 Å². The summed E-state index contributed by atoms with van der Waals surface area (Å²) in [5.74, 6) is 0. The lowest BCUT2D eigenvalue weighted by atomic mass is 10.1. The van der Waals surface area contributed by atoms with Crippen molar-refractivity contribution in [3.05, 3.63) is 18.5 Å². The van der Waals surface area contributed by atoms with Crippen LogP contribution in [-0.4, -0.2) is 39.8 Å². The van der Waals surface area contributed by atoms with Crippen LogP contribution in [0.3, 0.4) is 0 Å². The Morgan fingerprint density at radius 3 is 2.60 bits per heavy atom. The molecular formula is C11H17N3S. The van der Waals surface area contributed by atoms with E-state index in [-0.39, 0.29) is 0 Å². The maximum absolute atomic E-state index is 4.25. The van der Waals surface area contributed by atoms with Gasteiger partial charge >= 0.3 is 0 Å². The van der Waals surface area contributed by atoms with Crippen molar-refractivity contribution < 1.29 is 0 Å². The third-order valence-corrected chi connectivity index (χ3v) is 4.02. The van der Waals surface area contributed by atoms with Crippen LogP contribution in [0.2, 0.25) is 0 Å². The summed E-state index contributed by atoms with van der Waals surface area (Å²) in [7, 11) is 0. The number of aromatic nitrogens is 2. The first-order valence-corrected chi connectivity index (χ1v) is 6.42. The van der Waals surface area contributed by atoms with E-state index in [2.05, 4.69) is 21.8 Å². The van der Waals surface area contributed by atoms with E-state index in [0.717, 1.165) is 5.16 Å². The SMILES string of the molecule is CCN1CCC(Sc2ncccn2)CC1. The van der Waals surface area contributed by atoms with E-state index in [1.807, 2.05) is 30.2 Å². The largest absolute Gasteiger partial charge is 0.304 e. The van der Waals surface area contributed by atoms with Crippen LogP contribution in [0, 0.1) is 0 Å². The molecule has 0 radical (unpaired) electrons. The second-order valence-electron chi connectivity index (χ2n) is 3.78. The number of hydrogen-bond donors (Lipinski definition) is 0. The van der Waals surface area contributed by atoms with Gasteiger partial charge in [0.25, 0.3) is 0 Å². The lowest BCUT2D eigenvalue weighted by Gasteiger charge is -2.30. The lowest BCUT2D eigenvalue weighted by molar-refractivity contribution is 0.244. The molecule has 1 aromatic rings. The van der Waals surface area contributed by atoms with Gasteiger partial charge in [0.1, 0.15) is 0 Å². The Morgan fingerprint density at radius 1 is 1.33 bits per heavy atom. The zero-order valence-corrected chi connectivity index (χ0v) is 9.91. The van der Waals surface area contributed by atoms with Gasteiger partial charge < -0.3 is 4.90 Å². The van der Waals surface area contributed by atoms with E-state index >= 15 is 0 Å². The molecule has 0 N–H and O–H groups in total. The maximum atomic E-state index is 4.25. The van der Waals surface area contributed by atoms with Crippen LogP contribution in [0.1, 0.15) is 19.8 Å². The van der Waals surface area contributed by atoms with E-state index in [1.54, 1.807) is 0 Å². The van der Waals surface area contributed by atoms with E-state index in [4.69, 9.17) is 0 Å². The summed E-state index contributed by atoms with van der Waals surface area (Å²) in [6, 6.07) is 1.86. The fourth-order valence-electron chi connectivity index (χ4n) is 1.84. The third kappa shape index (κ3) is 3.18. The van der Waals surface area contributed by atoms with Crippen LogP contribution in [0.15, 0.2) is 23.6 Å². The summed E-state index contributed by atoms with van der Waals surface area (Å²) < 4.78 is 0. The van der Waals surface area contributed by atoms with Gasteiger partial charge in [0.15, 0.2) is 5.16 Å². The molecule has 3 nitrogen and oxygen atoms in total. The molecule has 1 aliphatic heterocycles. The van der Waals surface area contributed by atoms with Crippen molar-refractivity contribution in [2.24, 2.45) is 0 Å². The number of piperidine rings is 1. The number of thioether (sulfide) groups is 1. The Labute approximate surface area is 95.3 Å². The van der Waals surface area contributed by atoms with Crippen LogP contribution in [-0.2, 0) is 0 Å². The fourth-order valence-corrected chi connectivity index (χ4v) is 2.83. The standard InChI is InChI=1S/C11H17N3S/c1-2-14-8-4-10(5-9-14)15-11-12-6-3-7-13-11/h3,6-7,10H,2,4-5,8-9H2,1H3. The summed E-state index contributed by atoms with van der Waals surface area (Å²) in [5, 5.41) is 1.63. The summed E-state index contributed by atoms with van der Waals surface area (Å²) in [6.07, 6.45) is 6.15. The minimum atomic E-state index is 0.704. The molecule has 2 rings (SSSR count). The molecule has 0 amide bonds. The molecule has 1 fully saturated rings. The molecule has 82 valence electrons. The smallest absolute Gasteiger partial charge is 0.187 e. The molecule has 1 aliphatic rings.